The van der Waals surface area contributed by atoms with Gasteiger partial charge in [-0.25, -0.2) is 10.4 Å². The molecule has 5 heteroatoms. The standard InChI is InChI=1S/C12H19N5/c1-8-14-10-7-9(12(15-13)16(2)3)5-6-11(10)17(8)4/h5-7,12,15H,13H2,1-4H3. The van der Waals surface area contributed by atoms with E-state index in [1.54, 1.807) is 0 Å². The van der Waals surface area contributed by atoms with Crippen LogP contribution in [0.25, 0.3) is 11.0 Å². The highest BCUT2D eigenvalue weighted by Gasteiger charge is 2.13. The van der Waals surface area contributed by atoms with E-state index in [0.717, 1.165) is 22.4 Å². The topological polar surface area (TPSA) is 59.1 Å². The van der Waals surface area contributed by atoms with E-state index in [1.165, 1.54) is 0 Å². The van der Waals surface area contributed by atoms with Gasteiger partial charge in [-0.15, -0.1) is 0 Å². The lowest BCUT2D eigenvalue weighted by molar-refractivity contribution is 0.253. The molecule has 1 unspecified atom stereocenters. The second kappa shape index (κ2) is 4.44. The first-order valence-corrected chi connectivity index (χ1v) is 5.60. The van der Waals surface area contributed by atoms with Gasteiger partial charge < -0.3 is 4.57 Å². The number of nitrogens with one attached hydrogen (secondary N) is 1. The lowest BCUT2D eigenvalue weighted by Gasteiger charge is -2.23. The lowest BCUT2D eigenvalue weighted by Crippen LogP contribution is -2.37. The Morgan fingerprint density at radius 1 is 1.41 bits per heavy atom. The number of hydrogen-bond acceptors (Lipinski definition) is 4. The molecule has 1 atom stereocenters. The summed E-state index contributed by atoms with van der Waals surface area (Å²) in [6.45, 7) is 2.00. The van der Waals surface area contributed by atoms with Gasteiger partial charge in [0.2, 0.25) is 0 Å². The number of aryl methyl sites for hydroxylation is 2. The summed E-state index contributed by atoms with van der Waals surface area (Å²) in [5, 5.41) is 0. The molecule has 0 aliphatic carbocycles. The first-order valence-electron chi connectivity index (χ1n) is 5.60. The number of nitrogens with zero attached hydrogens (tertiary/aromatic N) is 3. The Kier molecular flexibility index (Phi) is 3.15. The summed E-state index contributed by atoms with van der Waals surface area (Å²) in [5.74, 6) is 6.58. The first-order chi connectivity index (χ1) is 8.04. The van der Waals surface area contributed by atoms with E-state index in [1.807, 2.05) is 33.0 Å². The molecule has 3 N–H and O–H groups in total. The summed E-state index contributed by atoms with van der Waals surface area (Å²) in [6, 6.07) is 6.24. The summed E-state index contributed by atoms with van der Waals surface area (Å²) in [5.41, 5.74) is 6.05. The predicted octanol–water partition coefficient (Wildman–Crippen LogP) is 0.905. The number of benzene rings is 1. The highest BCUT2D eigenvalue weighted by atomic mass is 15.4. The van der Waals surface area contributed by atoms with Crippen LogP contribution in [0.2, 0.25) is 0 Å². The fraction of sp³-hybridized carbons (Fsp3) is 0.417. The van der Waals surface area contributed by atoms with Crippen LogP contribution in [0.15, 0.2) is 18.2 Å². The van der Waals surface area contributed by atoms with Crippen LogP contribution in [0.5, 0.6) is 0 Å². The zero-order chi connectivity index (χ0) is 12.6. The van der Waals surface area contributed by atoms with Crippen LogP contribution >= 0.6 is 0 Å². The van der Waals surface area contributed by atoms with E-state index in [-0.39, 0.29) is 6.17 Å². The van der Waals surface area contributed by atoms with Crippen molar-refractivity contribution in [1.82, 2.24) is 19.9 Å². The van der Waals surface area contributed by atoms with Gasteiger partial charge in [-0.3, -0.25) is 10.7 Å². The molecule has 1 aromatic heterocycles. The Hall–Kier alpha value is -1.43. The average molecular weight is 233 g/mol. The molecule has 0 aliphatic rings. The monoisotopic (exact) mass is 233 g/mol. The predicted molar refractivity (Wildman–Crippen MR) is 69.2 cm³/mol. The van der Waals surface area contributed by atoms with Crippen molar-refractivity contribution in [1.29, 1.82) is 0 Å². The molecular formula is C12H19N5. The van der Waals surface area contributed by atoms with Gasteiger partial charge in [-0.1, -0.05) is 6.07 Å². The number of fused-ring (bicyclic) bond motifs is 1. The number of imidazole rings is 1. The van der Waals surface area contributed by atoms with Crippen LogP contribution < -0.4 is 11.3 Å². The van der Waals surface area contributed by atoms with E-state index in [2.05, 4.69) is 33.2 Å². The minimum atomic E-state index is 0.00159. The third-order valence-corrected chi connectivity index (χ3v) is 3.12. The van der Waals surface area contributed by atoms with Crippen LogP contribution in [0, 0.1) is 6.92 Å². The number of nitrogens with two attached hydrogens (primary N) is 1. The van der Waals surface area contributed by atoms with Crippen LogP contribution in [0.1, 0.15) is 17.6 Å². The van der Waals surface area contributed by atoms with Crippen LogP contribution in [-0.2, 0) is 7.05 Å². The highest BCUT2D eigenvalue weighted by Crippen LogP contribution is 2.21. The Labute approximate surface area is 101 Å². The first kappa shape index (κ1) is 12.0. The molecule has 0 saturated heterocycles. The molecule has 5 nitrogen and oxygen atoms in total. The van der Waals surface area contributed by atoms with Gasteiger partial charge in [0.1, 0.15) is 5.82 Å². The quantitative estimate of drug-likeness (QED) is 0.470. The number of aromatic nitrogens is 2. The van der Waals surface area contributed by atoms with Crippen LogP contribution in [-0.4, -0.2) is 28.5 Å². The van der Waals surface area contributed by atoms with E-state index < -0.39 is 0 Å². The molecule has 92 valence electrons. The summed E-state index contributed by atoms with van der Waals surface area (Å²) in [7, 11) is 5.99. The molecule has 1 aromatic carbocycles. The zero-order valence-electron chi connectivity index (χ0n) is 10.7. The summed E-state index contributed by atoms with van der Waals surface area (Å²) in [6.07, 6.45) is 0.00159. The van der Waals surface area contributed by atoms with Crippen LogP contribution in [0.4, 0.5) is 0 Å². The second-order valence-corrected chi connectivity index (χ2v) is 4.50. The summed E-state index contributed by atoms with van der Waals surface area (Å²) >= 11 is 0. The fourth-order valence-electron chi connectivity index (χ4n) is 2.05. The Balaban J connectivity index is 2.51. The number of hydrazine groups is 1. The number of hydrogen-bond donors (Lipinski definition) is 2. The Morgan fingerprint density at radius 3 is 2.71 bits per heavy atom. The third kappa shape index (κ3) is 2.04. The van der Waals surface area contributed by atoms with Gasteiger partial charge >= 0.3 is 0 Å². The van der Waals surface area contributed by atoms with Crippen molar-refractivity contribution in [2.75, 3.05) is 14.1 Å². The largest absolute Gasteiger partial charge is 0.331 e. The van der Waals surface area contributed by atoms with Crippen molar-refractivity contribution < 1.29 is 0 Å². The maximum Gasteiger partial charge on any atom is 0.106 e. The van der Waals surface area contributed by atoms with Crippen LogP contribution in [0.3, 0.4) is 0 Å². The maximum absolute atomic E-state index is 5.57. The molecule has 1 heterocycles. The van der Waals surface area contributed by atoms with Gasteiger partial charge in [-0.2, -0.15) is 0 Å². The Morgan fingerprint density at radius 2 is 2.12 bits per heavy atom. The SMILES string of the molecule is Cc1nc2cc(C(NN)N(C)C)ccc2n1C. The van der Waals surface area contributed by atoms with Gasteiger partial charge in [0.15, 0.2) is 0 Å². The van der Waals surface area contributed by atoms with Gasteiger partial charge in [0, 0.05) is 7.05 Å². The molecule has 0 amide bonds. The zero-order valence-corrected chi connectivity index (χ0v) is 10.7. The third-order valence-electron chi connectivity index (χ3n) is 3.12. The average Bonchev–Trinajstić information content (AvgIpc) is 2.55. The van der Waals surface area contributed by atoms with Crippen molar-refractivity contribution in [2.45, 2.75) is 13.1 Å². The van der Waals surface area contributed by atoms with Crippen molar-refractivity contribution >= 4 is 11.0 Å². The fourth-order valence-corrected chi connectivity index (χ4v) is 2.05. The van der Waals surface area contributed by atoms with Gasteiger partial charge in [-0.05, 0) is 38.7 Å². The normalized spacial score (nSPS) is 13.5. The summed E-state index contributed by atoms with van der Waals surface area (Å²) < 4.78 is 2.08. The molecule has 0 fully saturated rings. The van der Waals surface area contributed by atoms with Crippen molar-refractivity contribution in [3.05, 3.63) is 29.6 Å². The molecular weight excluding hydrogens is 214 g/mol. The van der Waals surface area contributed by atoms with Crippen molar-refractivity contribution in [3.8, 4) is 0 Å². The second-order valence-electron chi connectivity index (χ2n) is 4.50. The molecule has 0 bridgehead atoms. The molecule has 2 aromatic rings. The molecule has 0 spiro atoms. The smallest absolute Gasteiger partial charge is 0.106 e. The van der Waals surface area contributed by atoms with Gasteiger partial charge in [0.25, 0.3) is 0 Å². The lowest BCUT2D eigenvalue weighted by atomic mass is 10.1. The van der Waals surface area contributed by atoms with E-state index in [9.17, 15) is 0 Å². The highest BCUT2D eigenvalue weighted by molar-refractivity contribution is 5.76. The minimum Gasteiger partial charge on any atom is -0.331 e. The number of rotatable bonds is 3. The van der Waals surface area contributed by atoms with Crippen molar-refractivity contribution in [2.24, 2.45) is 12.9 Å². The molecule has 2 rings (SSSR count). The molecule has 0 radical (unpaired) electrons. The Bertz CT molecular complexity index is 529. The summed E-state index contributed by atoms with van der Waals surface area (Å²) in [4.78, 5) is 6.55. The minimum absolute atomic E-state index is 0.00159. The van der Waals surface area contributed by atoms with Gasteiger partial charge in [0.05, 0.1) is 17.2 Å². The van der Waals surface area contributed by atoms with E-state index in [4.69, 9.17) is 5.84 Å². The van der Waals surface area contributed by atoms with Crippen molar-refractivity contribution in [3.63, 3.8) is 0 Å². The molecule has 0 saturated carbocycles. The molecule has 17 heavy (non-hydrogen) atoms. The van der Waals surface area contributed by atoms with E-state index in [0.29, 0.717) is 0 Å². The maximum atomic E-state index is 5.57. The van der Waals surface area contributed by atoms with E-state index >= 15 is 0 Å². The molecule has 0 aliphatic heterocycles.